The highest BCUT2D eigenvalue weighted by Gasteiger charge is 2.21. The standard InChI is InChI=1S/C9H7BrN6O2S/c10-5-4-11-14-9(5)19(17,18)15-7-3-1-2-6-8(7)13-16-12-6/h1-4,15H,(H,11,14)(H,12,13,16). The van der Waals surface area contributed by atoms with E-state index in [1.165, 1.54) is 6.20 Å². The normalized spacial score (nSPS) is 11.8. The van der Waals surface area contributed by atoms with Crippen LogP contribution in [0.25, 0.3) is 11.0 Å². The van der Waals surface area contributed by atoms with E-state index < -0.39 is 10.0 Å². The molecule has 19 heavy (non-hydrogen) atoms. The Morgan fingerprint density at radius 3 is 2.84 bits per heavy atom. The number of benzene rings is 1. The Kier molecular flexibility index (Phi) is 2.75. The molecular formula is C9H7BrN6O2S. The number of halogens is 1. The fourth-order valence-electron chi connectivity index (χ4n) is 1.59. The highest BCUT2D eigenvalue weighted by molar-refractivity contribution is 9.10. The number of rotatable bonds is 3. The van der Waals surface area contributed by atoms with E-state index in [1.807, 2.05) is 0 Å². The Morgan fingerprint density at radius 2 is 2.11 bits per heavy atom. The van der Waals surface area contributed by atoms with E-state index in [9.17, 15) is 8.42 Å². The van der Waals surface area contributed by atoms with Gasteiger partial charge in [0.1, 0.15) is 11.0 Å². The summed E-state index contributed by atoms with van der Waals surface area (Å²) in [5, 5.41) is 16.3. The predicted molar refractivity (Wildman–Crippen MR) is 71.0 cm³/mol. The van der Waals surface area contributed by atoms with Crippen LogP contribution < -0.4 is 4.72 Å². The third-order valence-electron chi connectivity index (χ3n) is 2.42. The number of nitrogens with zero attached hydrogens (tertiary/aromatic N) is 3. The highest BCUT2D eigenvalue weighted by atomic mass is 79.9. The summed E-state index contributed by atoms with van der Waals surface area (Å²) in [6.45, 7) is 0. The van der Waals surface area contributed by atoms with Crippen molar-refractivity contribution in [2.75, 3.05) is 4.72 Å². The van der Waals surface area contributed by atoms with Crippen LogP contribution in [0.1, 0.15) is 0 Å². The van der Waals surface area contributed by atoms with Crippen molar-refractivity contribution in [2.24, 2.45) is 0 Å². The smallest absolute Gasteiger partial charge is 0.276 e. The Morgan fingerprint density at radius 1 is 1.26 bits per heavy atom. The first-order valence-electron chi connectivity index (χ1n) is 5.09. The van der Waals surface area contributed by atoms with Gasteiger partial charge in [0.25, 0.3) is 10.0 Å². The van der Waals surface area contributed by atoms with Gasteiger partial charge in [0, 0.05) is 0 Å². The van der Waals surface area contributed by atoms with Crippen molar-refractivity contribution < 1.29 is 8.42 Å². The molecule has 0 amide bonds. The Bertz CT molecular complexity index is 839. The maximum absolute atomic E-state index is 12.2. The zero-order valence-electron chi connectivity index (χ0n) is 9.25. The summed E-state index contributed by atoms with van der Waals surface area (Å²) in [5.41, 5.74) is 1.36. The van der Waals surface area contributed by atoms with E-state index in [0.717, 1.165) is 0 Å². The van der Waals surface area contributed by atoms with Crippen LogP contribution in [-0.4, -0.2) is 34.0 Å². The third-order valence-corrected chi connectivity index (χ3v) is 4.62. The lowest BCUT2D eigenvalue weighted by Gasteiger charge is -2.06. The van der Waals surface area contributed by atoms with Gasteiger partial charge in [0.2, 0.25) is 0 Å². The maximum atomic E-state index is 12.2. The molecule has 0 unspecified atom stereocenters. The van der Waals surface area contributed by atoms with Gasteiger partial charge >= 0.3 is 0 Å². The van der Waals surface area contributed by atoms with Crippen molar-refractivity contribution in [3.05, 3.63) is 28.9 Å². The molecule has 0 aliphatic carbocycles. The van der Waals surface area contributed by atoms with Gasteiger partial charge in [-0.15, -0.1) is 0 Å². The first kappa shape index (κ1) is 12.1. The molecule has 0 spiro atoms. The molecule has 0 aliphatic rings. The summed E-state index contributed by atoms with van der Waals surface area (Å²) < 4.78 is 27.1. The number of aromatic amines is 2. The van der Waals surface area contributed by atoms with Crippen LogP contribution in [0.3, 0.4) is 0 Å². The number of hydrogen-bond donors (Lipinski definition) is 3. The van der Waals surface area contributed by atoms with E-state index in [-0.39, 0.29) is 5.03 Å². The van der Waals surface area contributed by atoms with E-state index in [1.54, 1.807) is 18.2 Å². The second-order valence-corrected chi connectivity index (χ2v) is 6.12. The minimum absolute atomic E-state index is 0.0482. The van der Waals surface area contributed by atoms with Crippen LogP contribution >= 0.6 is 15.9 Å². The fraction of sp³-hybridized carbons (Fsp3) is 0. The number of fused-ring (bicyclic) bond motifs is 1. The van der Waals surface area contributed by atoms with Gasteiger partial charge in [-0.25, -0.2) is 0 Å². The SMILES string of the molecule is O=S(=O)(Nc1cccc2n[nH]nc12)c1[nH]ncc1Br. The van der Waals surface area contributed by atoms with Gasteiger partial charge in [-0.1, -0.05) is 6.07 Å². The van der Waals surface area contributed by atoms with Crippen molar-refractivity contribution in [3.63, 3.8) is 0 Å². The molecule has 0 bridgehead atoms. The number of nitrogens with one attached hydrogen (secondary N) is 3. The first-order valence-corrected chi connectivity index (χ1v) is 7.37. The second-order valence-electron chi connectivity index (χ2n) is 3.65. The molecule has 0 fully saturated rings. The van der Waals surface area contributed by atoms with Crippen LogP contribution in [0.5, 0.6) is 0 Å². The topological polar surface area (TPSA) is 116 Å². The molecule has 10 heteroatoms. The van der Waals surface area contributed by atoms with Gasteiger partial charge in [-0.3, -0.25) is 9.82 Å². The molecule has 3 N–H and O–H groups in total. The number of hydrogen-bond acceptors (Lipinski definition) is 5. The molecule has 3 rings (SSSR count). The minimum Gasteiger partial charge on any atom is -0.276 e. The molecule has 3 aromatic rings. The van der Waals surface area contributed by atoms with Crippen LogP contribution in [0, 0.1) is 0 Å². The van der Waals surface area contributed by atoms with Crippen LogP contribution in [0.15, 0.2) is 33.9 Å². The van der Waals surface area contributed by atoms with Crippen molar-refractivity contribution in [1.29, 1.82) is 0 Å². The van der Waals surface area contributed by atoms with Gasteiger partial charge < -0.3 is 0 Å². The molecule has 2 aromatic heterocycles. The van der Waals surface area contributed by atoms with Crippen molar-refractivity contribution in [3.8, 4) is 0 Å². The van der Waals surface area contributed by atoms with E-state index in [0.29, 0.717) is 21.2 Å². The number of para-hydroxylation sites is 1. The summed E-state index contributed by atoms with van der Waals surface area (Å²) in [4.78, 5) is 0. The van der Waals surface area contributed by atoms with E-state index in [4.69, 9.17) is 0 Å². The van der Waals surface area contributed by atoms with Gasteiger partial charge in [-0.05, 0) is 28.1 Å². The average molecular weight is 343 g/mol. The summed E-state index contributed by atoms with van der Waals surface area (Å²) in [6.07, 6.45) is 1.37. The molecule has 0 radical (unpaired) electrons. The third kappa shape index (κ3) is 2.08. The largest absolute Gasteiger partial charge is 0.280 e. The van der Waals surface area contributed by atoms with Crippen LogP contribution in [0.4, 0.5) is 5.69 Å². The Hall–Kier alpha value is -1.94. The van der Waals surface area contributed by atoms with Crippen molar-refractivity contribution >= 4 is 42.7 Å². The number of aromatic nitrogens is 5. The highest BCUT2D eigenvalue weighted by Crippen LogP contribution is 2.24. The second kappa shape index (κ2) is 4.31. The zero-order chi connectivity index (χ0) is 13.5. The molecule has 0 atom stereocenters. The molecular weight excluding hydrogens is 336 g/mol. The predicted octanol–water partition coefficient (Wildman–Crippen LogP) is 1.24. The minimum atomic E-state index is -3.77. The van der Waals surface area contributed by atoms with Gasteiger partial charge in [0.05, 0.1) is 16.4 Å². The lowest BCUT2D eigenvalue weighted by Crippen LogP contribution is -2.14. The molecule has 0 saturated carbocycles. The number of anilines is 1. The van der Waals surface area contributed by atoms with Crippen molar-refractivity contribution in [1.82, 2.24) is 25.6 Å². The lowest BCUT2D eigenvalue weighted by atomic mass is 10.3. The molecule has 1 aromatic carbocycles. The summed E-state index contributed by atoms with van der Waals surface area (Å²) in [7, 11) is -3.77. The van der Waals surface area contributed by atoms with E-state index in [2.05, 4.69) is 46.3 Å². The van der Waals surface area contributed by atoms with E-state index >= 15 is 0 Å². The molecule has 2 heterocycles. The zero-order valence-corrected chi connectivity index (χ0v) is 11.7. The lowest BCUT2D eigenvalue weighted by molar-refractivity contribution is 0.596. The molecule has 0 aliphatic heterocycles. The van der Waals surface area contributed by atoms with Crippen LogP contribution in [0.2, 0.25) is 0 Å². The number of sulfonamides is 1. The molecule has 0 saturated heterocycles. The first-order chi connectivity index (χ1) is 9.08. The number of H-pyrrole nitrogens is 2. The Balaban J connectivity index is 2.06. The quantitative estimate of drug-likeness (QED) is 0.662. The molecule has 8 nitrogen and oxygen atoms in total. The molecule has 98 valence electrons. The average Bonchev–Trinajstić information content (AvgIpc) is 2.97. The van der Waals surface area contributed by atoms with Crippen LogP contribution in [-0.2, 0) is 10.0 Å². The van der Waals surface area contributed by atoms with Gasteiger partial charge in [-0.2, -0.15) is 28.9 Å². The monoisotopic (exact) mass is 342 g/mol. The van der Waals surface area contributed by atoms with Crippen molar-refractivity contribution in [2.45, 2.75) is 5.03 Å². The summed E-state index contributed by atoms with van der Waals surface area (Å²) in [6, 6.07) is 5.01. The van der Waals surface area contributed by atoms with Gasteiger partial charge in [0.15, 0.2) is 5.03 Å². The fourth-order valence-corrected chi connectivity index (χ4v) is 3.46. The summed E-state index contributed by atoms with van der Waals surface area (Å²) in [5.74, 6) is 0. The maximum Gasteiger partial charge on any atom is 0.280 e. The summed E-state index contributed by atoms with van der Waals surface area (Å²) >= 11 is 3.11. The Labute approximate surface area is 115 Å².